The number of benzene rings is 1. The molecule has 1 aromatic rings. The van der Waals surface area contributed by atoms with E-state index in [9.17, 15) is 4.79 Å². The van der Waals surface area contributed by atoms with Gasteiger partial charge in [0.2, 0.25) is 0 Å². The molecule has 1 aromatic carbocycles. The van der Waals surface area contributed by atoms with E-state index in [1.54, 1.807) is 18.2 Å². The molecule has 2 rings (SSSR count). The third kappa shape index (κ3) is 3.46. The van der Waals surface area contributed by atoms with Gasteiger partial charge in [0.1, 0.15) is 0 Å². The minimum Gasteiger partial charge on any atom is -0.393 e. The number of carbonyl (C=O) groups excluding carboxylic acids is 1. The lowest BCUT2D eigenvalue weighted by atomic mass is 9.97. The highest BCUT2D eigenvalue weighted by molar-refractivity contribution is 9.10. The Balaban J connectivity index is 2.14. The van der Waals surface area contributed by atoms with E-state index in [1.165, 1.54) is 0 Å². The van der Waals surface area contributed by atoms with Gasteiger partial charge in [0.05, 0.1) is 10.0 Å². The highest BCUT2D eigenvalue weighted by Crippen LogP contribution is 2.25. The van der Waals surface area contributed by atoms with Crippen molar-refractivity contribution in [2.45, 2.75) is 12.8 Å². The number of nitrogens with two attached hydrogens (primary N) is 1. The van der Waals surface area contributed by atoms with Crippen LogP contribution in [0.3, 0.4) is 0 Å². The first-order chi connectivity index (χ1) is 8.99. The molecule has 1 atom stereocenters. The van der Waals surface area contributed by atoms with Crippen molar-refractivity contribution < 1.29 is 4.79 Å². The fourth-order valence-corrected chi connectivity index (χ4v) is 2.89. The minimum atomic E-state index is -0.00156. The third-order valence-corrected chi connectivity index (χ3v) is 4.82. The van der Waals surface area contributed by atoms with E-state index >= 15 is 0 Å². The summed E-state index contributed by atoms with van der Waals surface area (Å²) in [6.07, 6.45) is 1.89. The monoisotopic (exact) mass is 360 g/mol. The van der Waals surface area contributed by atoms with E-state index in [0.717, 1.165) is 23.9 Å². The molecule has 3 nitrogen and oxygen atoms in total. The highest BCUT2D eigenvalue weighted by atomic mass is 79.9. The summed E-state index contributed by atoms with van der Waals surface area (Å²) in [7, 11) is 0. The fraction of sp³-hybridized carbons (Fsp3) is 0.385. The van der Waals surface area contributed by atoms with Crippen molar-refractivity contribution in [3.05, 3.63) is 33.3 Å². The number of nitrogens with zero attached hydrogens (tertiary/aromatic N) is 1. The van der Waals surface area contributed by atoms with Gasteiger partial charge in [-0.2, -0.15) is 0 Å². The first-order valence-corrected chi connectivity index (χ1v) is 7.60. The number of thiocarbonyl (C=S) groups is 1. The van der Waals surface area contributed by atoms with Gasteiger partial charge >= 0.3 is 0 Å². The maximum atomic E-state index is 12.4. The first-order valence-electron chi connectivity index (χ1n) is 6.02. The summed E-state index contributed by atoms with van der Waals surface area (Å²) >= 11 is 14.3. The zero-order valence-corrected chi connectivity index (χ0v) is 13.4. The molecule has 1 fully saturated rings. The molecule has 1 heterocycles. The lowest BCUT2D eigenvalue weighted by molar-refractivity contribution is 0.0703. The van der Waals surface area contributed by atoms with Crippen molar-refractivity contribution >= 4 is 50.6 Å². The zero-order chi connectivity index (χ0) is 14.0. The van der Waals surface area contributed by atoms with Gasteiger partial charge < -0.3 is 10.6 Å². The van der Waals surface area contributed by atoms with Gasteiger partial charge in [-0.3, -0.25) is 4.79 Å². The van der Waals surface area contributed by atoms with Crippen LogP contribution in [0.1, 0.15) is 23.2 Å². The Kier molecular flexibility index (Phi) is 4.81. The molecule has 102 valence electrons. The number of hydrogen-bond donors (Lipinski definition) is 1. The van der Waals surface area contributed by atoms with Crippen molar-refractivity contribution in [2.75, 3.05) is 13.1 Å². The Bertz CT molecular complexity index is 523. The number of rotatable bonds is 2. The smallest absolute Gasteiger partial charge is 0.253 e. The summed E-state index contributed by atoms with van der Waals surface area (Å²) in [6.45, 7) is 1.35. The molecular weight excluding hydrogens is 348 g/mol. The molecule has 1 unspecified atom stereocenters. The number of likely N-dealkylation sites (tertiary alicyclic amines) is 1. The van der Waals surface area contributed by atoms with Gasteiger partial charge in [-0.15, -0.1) is 0 Å². The fourth-order valence-electron chi connectivity index (χ4n) is 2.21. The highest BCUT2D eigenvalue weighted by Gasteiger charge is 2.26. The van der Waals surface area contributed by atoms with Crippen molar-refractivity contribution in [3.8, 4) is 0 Å². The first kappa shape index (κ1) is 14.8. The van der Waals surface area contributed by atoms with Gasteiger partial charge in [0.25, 0.3) is 5.91 Å². The van der Waals surface area contributed by atoms with E-state index < -0.39 is 0 Å². The van der Waals surface area contributed by atoms with Crippen LogP contribution in [0.25, 0.3) is 0 Å². The summed E-state index contributed by atoms with van der Waals surface area (Å²) in [5.74, 6) is 0.127. The topological polar surface area (TPSA) is 46.3 Å². The number of carbonyl (C=O) groups is 1. The molecule has 19 heavy (non-hydrogen) atoms. The SMILES string of the molecule is NC(=S)C1CCCN(C(=O)c2ccc(Cl)c(Br)c2)C1. The Hall–Kier alpha value is -0.650. The van der Waals surface area contributed by atoms with Crippen LogP contribution in [0, 0.1) is 5.92 Å². The Morgan fingerprint density at radius 1 is 1.53 bits per heavy atom. The molecule has 1 saturated heterocycles. The lowest BCUT2D eigenvalue weighted by Gasteiger charge is -2.32. The molecule has 6 heteroatoms. The number of hydrogen-bond acceptors (Lipinski definition) is 2. The van der Waals surface area contributed by atoms with Crippen molar-refractivity contribution in [1.82, 2.24) is 4.90 Å². The number of amides is 1. The summed E-state index contributed by atoms with van der Waals surface area (Å²) in [5, 5.41) is 0.594. The third-order valence-electron chi connectivity index (χ3n) is 3.28. The Morgan fingerprint density at radius 2 is 2.26 bits per heavy atom. The van der Waals surface area contributed by atoms with Crippen LogP contribution in [0.4, 0.5) is 0 Å². The molecule has 2 N–H and O–H groups in total. The van der Waals surface area contributed by atoms with E-state index in [2.05, 4.69) is 15.9 Å². The predicted octanol–water partition coefficient (Wildman–Crippen LogP) is 3.24. The quantitative estimate of drug-likeness (QED) is 0.823. The van der Waals surface area contributed by atoms with E-state index in [0.29, 0.717) is 22.1 Å². The van der Waals surface area contributed by atoms with Gasteiger partial charge in [-0.1, -0.05) is 23.8 Å². The van der Waals surface area contributed by atoms with Crippen LogP contribution in [0.5, 0.6) is 0 Å². The molecule has 1 aliphatic rings. The average molecular weight is 362 g/mol. The van der Waals surface area contributed by atoms with Crippen LogP contribution in [0.15, 0.2) is 22.7 Å². The average Bonchev–Trinajstić information content (AvgIpc) is 2.41. The molecule has 0 bridgehead atoms. The normalized spacial score (nSPS) is 19.3. The minimum absolute atomic E-state index is 0.00156. The van der Waals surface area contributed by atoms with Gasteiger partial charge in [-0.25, -0.2) is 0 Å². The zero-order valence-electron chi connectivity index (χ0n) is 10.2. The lowest BCUT2D eigenvalue weighted by Crippen LogP contribution is -2.43. The second-order valence-corrected chi connectivity index (χ2v) is 6.35. The summed E-state index contributed by atoms with van der Waals surface area (Å²) in [4.78, 5) is 14.7. The number of piperidine rings is 1. The van der Waals surface area contributed by atoms with Crippen LogP contribution >= 0.6 is 39.7 Å². The van der Waals surface area contributed by atoms with Crippen LogP contribution in [0.2, 0.25) is 5.02 Å². The van der Waals surface area contributed by atoms with Crippen molar-refractivity contribution in [2.24, 2.45) is 11.7 Å². The molecule has 0 radical (unpaired) electrons. The Morgan fingerprint density at radius 3 is 2.89 bits per heavy atom. The molecule has 0 aliphatic carbocycles. The molecule has 0 saturated carbocycles. The summed E-state index contributed by atoms with van der Waals surface area (Å²) in [5.41, 5.74) is 6.31. The van der Waals surface area contributed by atoms with Crippen LogP contribution in [-0.2, 0) is 0 Å². The Labute approximate surface area is 131 Å². The van der Waals surface area contributed by atoms with Crippen LogP contribution < -0.4 is 5.73 Å². The second-order valence-electron chi connectivity index (χ2n) is 4.62. The molecular formula is C13H14BrClN2OS. The van der Waals surface area contributed by atoms with E-state index in [-0.39, 0.29) is 11.8 Å². The molecule has 0 aromatic heterocycles. The van der Waals surface area contributed by atoms with Gasteiger partial charge in [0.15, 0.2) is 0 Å². The van der Waals surface area contributed by atoms with Gasteiger partial charge in [0, 0.05) is 29.0 Å². The van der Waals surface area contributed by atoms with Crippen molar-refractivity contribution in [1.29, 1.82) is 0 Å². The predicted molar refractivity (Wildman–Crippen MR) is 84.6 cm³/mol. The largest absolute Gasteiger partial charge is 0.393 e. The maximum Gasteiger partial charge on any atom is 0.253 e. The van der Waals surface area contributed by atoms with Crippen LogP contribution in [-0.4, -0.2) is 28.9 Å². The van der Waals surface area contributed by atoms with E-state index in [1.807, 2.05) is 4.90 Å². The molecule has 0 spiro atoms. The maximum absolute atomic E-state index is 12.4. The summed E-state index contributed by atoms with van der Waals surface area (Å²) in [6, 6.07) is 5.20. The summed E-state index contributed by atoms with van der Waals surface area (Å²) < 4.78 is 0.725. The van der Waals surface area contributed by atoms with Crippen molar-refractivity contribution in [3.63, 3.8) is 0 Å². The molecule has 1 aliphatic heterocycles. The number of halogens is 2. The van der Waals surface area contributed by atoms with E-state index in [4.69, 9.17) is 29.6 Å². The van der Waals surface area contributed by atoms with Gasteiger partial charge in [-0.05, 0) is 47.0 Å². The molecule has 1 amide bonds. The standard InChI is InChI=1S/C13H14BrClN2OS/c14-10-6-8(3-4-11(10)15)13(18)17-5-1-2-9(7-17)12(16)19/h3-4,6,9H,1-2,5,7H2,(H2,16,19). The second kappa shape index (κ2) is 6.20.